The minimum atomic E-state index is -4.70. The van der Waals surface area contributed by atoms with E-state index in [1.807, 2.05) is 13.1 Å². The number of benzene rings is 1. The van der Waals surface area contributed by atoms with Gasteiger partial charge in [0.05, 0.1) is 12.7 Å². The highest BCUT2D eigenvalue weighted by molar-refractivity contribution is 5.85. The standard InChI is InChI=1S/C21H24F3N3O2/c1-13-19(26-18-5-3-2-4-17(18)20(13)28)15-10-25-27(12-15)11-14-6-8-16(9-7-14)29-21(22,23)24/h6-10,12-13,17-19,26H,2-5,11H2,1H3. The van der Waals surface area contributed by atoms with Crippen molar-refractivity contribution < 1.29 is 22.7 Å². The number of nitrogens with one attached hydrogen (secondary N) is 1. The van der Waals surface area contributed by atoms with E-state index < -0.39 is 6.36 Å². The smallest absolute Gasteiger partial charge is 0.406 e. The number of hydrogen-bond acceptors (Lipinski definition) is 4. The van der Waals surface area contributed by atoms with E-state index in [2.05, 4.69) is 15.2 Å². The average molecular weight is 407 g/mol. The van der Waals surface area contributed by atoms with Crippen LogP contribution in [0.1, 0.15) is 49.8 Å². The Morgan fingerprint density at radius 3 is 2.66 bits per heavy atom. The summed E-state index contributed by atoms with van der Waals surface area (Å²) in [6, 6.07) is 5.93. The zero-order chi connectivity index (χ0) is 20.6. The molecule has 0 amide bonds. The number of carbonyl (C=O) groups excluding carboxylic acids is 1. The molecule has 1 saturated heterocycles. The molecule has 2 fully saturated rings. The third kappa shape index (κ3) is 4.47. The number of aromatic nitrogens is 2. The molecule has 2 heterocycles. The second kappa shape index (κ2) is 7.82. The Balaban J connectivity index is 1.43. The van der Waals surface area contributed by atoms with E-state index >= 15 is 0 Å². The van der Waals surface area contributed by atoms with Gasteiger partial charge in [0.2, 0.25) is 0 Å². The number of carbonyl (C=O) groups is 1. The number of ketones is 1. The number of Topliss-reactive ketones (excluding diaryl/α,β-unsaturated/α-hetero) is 1. The Morgan fingerprint density at radius 1 is 1.21 bits per heavy atom. The first-order valence-electron chi connectivity index (χ1n) is 9.97. The SMILES string of the molecule is CC1C(=O)C2CCCCC2NC1c1cnn(Cc2ccc(OC(F)(F)F)cc2)c1. The fourth-order valence-electron chi connectivity index (χ4n) is 4.54. The van der Waals surface area contributed by atoms with Gasteiger partial charge in [0, 0.05) is 35.7 Å². The molecule has 1 aromatic carbocycles. The van der Waals surface area contributed by atoms with Crippen molar-refractivity contribution in [1.82, 2.24) is 15.1 Å². The number of halogens is 3. The number of hydrogen-bond donors (Lipinski definition) is 1. The van der Waals surface area contributed by atoms with E-state index in [-0.39, 0.29) is 29.7 Å². The molecule has 8 heteroatoms. The summed E-state index contributed by atoms with van der Waals surface area (Å²) in [5, 5.41) is 8.05. The van der Waals surface area contributed by atoms with Gasteiger partial charge in [-0.2, -0.15) is 5.10 Å². The maximum atomic E-state index is 12.8. The lowest BCUT2D eigenvalue weighted by Gasteiger charge is -2.42. The molecule has 5 nitrogen and oxygen atoms in total. The van der Waals surface area contributed by atoms with Gasteiger partial charge in [0.25, 0.3) is 0 Å². The molecular formula is C21H24F3N3O2. The molecule has 0 spiro atoms. The van der Waals surface area contributed by atoms with Crippen molar-refractivity contribution in [3.05, 3.63) is 47.8 Å². The molecule has 4 atom stereocenters. The van der Waals surface area contributed by atoms with Crippen molar-refractivity contribution >= 4 is 5.78 Å². The van der Waals surface area contributed by atoms with Gasteiger partial charge in [-0.3, -0.25) is 9.48 Å². The minimum absolute atomic E-state index is 0.0573. The molecule has 29 heavy (non-hydrogen) atoms. The van der Waals surface area contributed by atoms with E-state index in [9.17, 15) is 18.0 Å². The highest BCUT2D eigenvalue weighted by Gasteiger charge is 2.42. The van der Waals surface area contributed by atoms with Crippen molar-refractivity contribution in [2.75, 3.05) is 0 Å². The molecular weight excluding hydrogens is 383 g/mol. The summed E-state index contributed by atoms with van der Waals surface area (Å²) in [6.07, 6.45) is 3.25. The molecule has 4 unspecified atom stereocenters. The largest absolute Gasteiger partial charge is 0.573 e. The van der Waals surface area contributed by atoms with Crippen molar-refractivity contribution in [1.29, 1.82) is 0 Å². The average Bonchev–Trinajstić information content (AvgIpc) is 3.13. The monoisotopic (exact) mass is 407 g/mol. The summed E-state index contributed by atoms with van der Waals surface area (Å²) in [7, 11) is 0. The van der Waals surface area contributed by atoms with Gasteiger partial charge in [-0.05, 0) is 30.5 Å². The van der Waals surface area contributed by atoms with Gasteiger partial charge in [-0.25, -0.2) is 0 Å². The van der Waals surface area contributed by atoms with E-state index in [0.717, 1.165) is 36.8 Å². The number of ether oxygens (including phenoxy) is 1. The fourth-order valence-corrected chi connectivity index (χ4v) is 4.54. The number of nitrogens with zero attached hydrogens (tertiary/aromatic N) is 2. The van der Waals surface area contributed by atoms with Crippen LogP contribution in [0.15, 0.2) is 36.7 Å². The van der Waals surface area contributed by atoms with Crippen LogP contribution in [-0.2, 0) is 11.3 Å². The van der Waals surface area contributed by atoms with Crippen LogP contribution in [0.4, 0.5) is 13.2 Å². The summed E-state index contributed by atoms with van der Waals surface area (Å²) in [4.78, 5) is 12.8. The van der Waals surface area contributed by atoms with Gasteiger partial charge in [0.1, 0.15) is 11.5 Å². The molecule has 1 aromatic heterocycles. The van der Waals surface area contributed by atoms with Crippen molar-refractivity contribution in [3.8, 4) is 5.75 Å². The topological polar surface area (TPSA) is 56.2 Å². The van der Waals surface area contributed by atoms with Crippen LogP contribution in [-0.4, -0.2) is 28.0 Å². The van der Waals surface area contributed by atoms with Crippen LogP contribution in [0.3, 0.4) is 0 Å². The molecule has 2 aromatic rings. The van der Waals surface area contributed by atoms with Crippen molar-refractivity contribution in [3.63, 3.8) is 0 Å². The molecule has 1 aliphatic heterocycles. The Labute approximate surface area is 167 Å². The second-order valence-corrected chi connectivity index (χ2v) is 8.00. The first-order valence-corrected chi connectivity index (χ1v) is 9.97. The zero-order valence-electron chi connectivity index (χ0n) is 16.2. The Kier molecular flexibility index (Phi) is 5.38. The predicted molar refractivity (Wildman–Crippen MR) is 100 cm³/mol. The maximum Gasteiger partial charge on any atom is 0.573 e. The Morgan fingerprint density at radius 2 is 1.93 bits per heavy atom. The van der Waals surface area contributed by atoms with E-state index in [1.165, 1.54) is 12.1 Å². The van der Waals surface area contributed by atoms with Gasteiger partial charge in [-0.15, -0.1) is 13.2 Å². The normalized spacial score (nSPS) is 27.5. The molecule has 4 rings (SSSR count). The number of piperidine rings is 1. The van der Waals surface area contributed by atoms with Gasteiger partial charge < -0.3 is 10.1 Å². The van der Waals surface area contributed by atoms with Crippen LogP contribution in [0.5, 0.6) is 5.75 Å². The zero-order valence-corrected chi connectivity index (χ0v) is 16.2. The summed E-state index contributed by atoms with van der Waals surface area (Å²) >= 11 is 0. The lowest BCUT2D eigenvalue weighted by molar-refractivity contribution is -0.274. The van der Waals surface area contributed by atoms with E-state index in [1.54, 1.807) is 23.0 Å². The fraction of sp³-hybridized carbons (Fsp3) is 0.524. The van der Waals surface area contributed by atoms with Gasteiger partial charge in [0.15, 0.2) is 0 Å². The third-order valence-electron chi connectivity index (χ3n) is 5.99. The van der Waals surface area contributed by atoms with E-state index in [0.29, 0.717) is 12.3 Å². The van der Waals surface area contributed by atoms with Gasteiger partial charge in [-0.1, -0.05) is 31.9 Å². The highest BCUT2D eigenvalue weighted by atomic mass is 19.4. The first kappa shape index (κ1) is 19.9. The molecule has 0 bridgehead atoms. The van der Waals surface area contributed by atoms with Crippen molar-refractivity contribution in [2.24, 2.45) is 11.8 Å². The van der Waals surface area contributed by atoms with Crippen LogP contribution in [0, 0.1) is 11.8 Å². The lowest BCUT2D eigenvalue weighted by Crippen LogP contribution is -2.53. The Bertz CT molecular complexity index is 863. The molecule has 2 aliphatic rings. The molecule has 1 N–H and O–H groups in total. The highest BCUT2D eigenvalue weighted by Crippen LogP contribution is 2.37. The molecule has 1 aliphatic carbocycles. The maximum absolute atomic E-state index is 12.8. The van der Waals surface area contributed by atoms with Gasteiger partial charge >= 0.3 is 6.36 Å². The Hall–Kier alpha value is -2.35. The number of rotatable bonds is 4. The summed E-state index contributed by atoms with van der Waals surface area (Å²) < 4.78 is 42.4. The van der Waals surface area contributed by atoms with E-state index in [4.69, 9.17) is 0 Å². The number of fused-ring (bicyclic) bond motifs is 1. The van der Waals surface area contributed by atoms with Crippen LogP contribution in [0.2, 0.25) is 0 Å². The quantitative estimate of drug-likeness (QED) is 0.824. The van der Waals surface area contributed by atoms with Crippen LogP contribution < -0.4 is 10.1 Å². The first-order chi connectivity index (χ1) is 13.8. The summed E-state index contributed by atoms with van der Waals surface area (Å²) in [5.74, 6) is 0.114. The molecule has 0 radical (unpaired) electrons. The second-order valence-electron chi connectivity index (χ2n) is 8.00. The molecule has 1 saturated carbocycles. The lowest BCUT2D eigenvalue weighted by atomic mass is 9.72. The minimum Gasteiger partial charge on any atom is -0.406 e. The van der Waals surface area contributed by atoms with Crippen LogP contribution in [0.25, 0.3) is 0 Å². The number of alkyl halides is 3. The molecule has 156 valence electrons. The van der Waals surface area contributed by atoms with Crippen molar-refractivity contribution in [2.45, 2.75) is 57.6 Å². The summed E-state index contributed by atoms with van der Waals surface area (Å²) in [5.41, 5.74) is 1.77. The van der Waals surface area contributed by atoms with Crippen LogP contribution >= 0.6 is 0 Å². The summed E-state index contributed by atoms with van der Waals surface area (Å²) in [6.45, 7) is 2.40. The predicted octanol–water partition coefficient (Wildman–Crippen LogP) is 4.24. The third-order valence-corrected chi connectivity index (χ3v) is 5.99.